The first-order valence-electron chi connectivity index (χ1n) is 12.8. The van der Waals surface area contributed by atoms with Gasteiger partial charge >= 0.3 is 5.97 Å². The second-order valence-corrected chi connectivity index (χ2v) is 11.6. The Kier molecular flexibility index (Phi) is 7.06. The molecular formula is C26H44O5. The highest BCUT2D eigenvalue weighted by atomic mass is 17.2. The predicted octanol–water partition coefficient (Wildman–Crippen LogP) is 5.30. The molecule has 0 spiro atoms. The van der Waals surface area contributed by atoms with Gasteiger partial charge in [0, 0.05) is 6.42 Å². The van der Waals surface area contributed by atoms with Crippen LogP contribution >= 0.6 is 0 Å². The van der Waals surface area contributed by atoms with E-state index in [1.807, 2.05) is 0 Å². The van der Waals surface area contributed by atoms with E-state index in [0.29, 0.717) is 29.1 Å². The summed E-state index contributed by atoms with van der Waals surface area (Å²) in [5.74, 6) is 3.46. The number of carbonyl (C=O) groups excluding carboxylic acids is 1. The molecule has 4 aliphatic rings. The molecule has 4 fully saturated rings. The van der Waals surface area contributed by atoms with Crippen molar-refractivity contribution < 1.29 is 24.4 Å². The molecule has 4 saturated carbocycles. The fourth-order valence-electron chi connectivity index (χ4n) is 8.88. The first-order chi connectivity index (χ1) is 14.8. The fraction of sp³-hybridized carbons (Fsp3) is 0.962. The summed E-state index contributed by atoms with van der Waals surface area (Å²) in [4.78, 5) is 22.6. The molecule has 4 rings (SSSR count). The molecule has 0 aromatic rings. The maximum atomic E-state index is 11.6. The zero-order valence-electron chi connectivity index (χ0n) is 20.1. The van der Waals surface area contributed by atoms with Crippen LogP contribution in [-0.4, -0.2) is 37.5 Å². The third kappa shape index (κ3) is 4.19. The molecular weight excluding hydrogens is 392 g/mol. The number of aliphatic hydroxyl groups excluding tert-OH is 1. The Morgan fingerprint density at radius 3 is 2.48 bits per heavy atom. The minimum absolute atomic E-state index is 0.0537. The Balaban J connectivity index is 1.47. The minimum Gasteiger partial charge on any atom is -0.469 e. The van der Waals surface area contributed by atoms with Crippen molar-refractivity contribution in [3.8, 4) is 0 Å². The van der Waals surface area contributed by atoms with Crippen LogP contribution in [0.5, 0.6) is 0 Å². The molecule has 1 N–H and O–H groups in total. The van der Waals surface area contributed by atoms with Crippen molar-refractivity contribution in [2.45, 2.75) is 103 Å². The van der Waals surface area contributed by atoms with Crippen LogP contribution in [0.1, 0.15) is 90.9 Å². The van der Waals surface area contributed by atoms with Gasteiger partial charge in [-0.25, -0.2) is 9.78 Å². The summed E-state index contributed by atoms with van der Waals surface area (Å²) in [6.07, 6.45) is 13.0. The molecule has 0 aliphatic heterocycles. The molecule has 0 aromatic heterocycles. The largest absolute Gasteiger partial charge is 0.469 e. The lowest BCUT2D eigenvalue weighted by molar-refractivity contribution is -0.323. The molecule has 3 unspecified atom stereocenters. The number of esters is 1. The lowest BCUT2D eigenvalue weighted by Gasteiger charge is -2.61. The summed E-state index contributed by atoms with van der Waals surface area (Å²) in [5.41, 5.74) is 0.720. The monoisotopic (exact) mass is 436 g/mol. The Morgan fingerprint density at radius 1 is 1.00 bits per heavy atom. The van der Waals surface area contributed by atoms with Crippen LogP contribution < -0.4 is 0 Å². The van der Waals surface area contributed by atoms with Gasteiger partial charge in [0.1, 0.15) is 0 Å². The third-order valence-electron chi connectivity index (χ3n) is 10.5. The Labute approximate surface area is 188 Å². The number of methoxy groups -OCH3 is 1. The molecule has 5 heteroatoms. The average Bonchev–Trinajstić information content (AvgIpc) is 3.10. The van der Waals surface area contributed by atoms with E-state index in [0.717, 1.165) is 43.4 Å². The summed E-state index contributed by atoms with van der Waals surface area (Å²) in [5, 5.41) is 10.3. The van der Waals surface area contributed by atoms with Crippen molar-refractivity contribution in [1.29, 1.82) is 0 Å². The van der Waals surface area contributed by atoms with Crippen molar-refractivity contribution >= 4 is 5.97 Å². The van der Waals surface area contributed by atoms with E-state index in [9.17, 15) is 9.90 Å². The number of rotatable bonds is 7. The minimum atomic E-state index is -0.144. The van der Waals surface area contributed by atoms with Crippen LogP contribution in [0.3, 0.4) is 0 Å². The van der Waals surface area contributed by atoms with Crippen molar-refractivity contribution in [1.82, 2.24) is 0 Å². The summed E-state index contributed by atoms with van der Waals surface area (Å²) in [7, 11) is 3.06. The molecule has 5 nitrogen and oxygen atoms in total. The highest BCUT2D eigenvalue weighted by molar-refractivity contribution is 5.68. The van der Waals surface area contributed by atoms with Gasteiger partial charge in [0.05, 0.1) is 26.4 Å². The highest BCUT2D eigenvalue weighted by Crippen LogP contribution is 2.68. The van der Waals surface area contributed by atoms with E-state index in [-0.39, 0.29) is 18.2 Å². The molecule has 0 radical (unpaired) electrons. The van der Waals surface area contributed by atoms with Crippen molar-refractivity contribution in [3.05, 3.63) is 0 Å². The van der Waals surface area contributed by atoms with E-state index in [2.05, 4.69) is 13.8 Å². The molecule has 0 bridgehead atoms. The number of aliphatic hydroxyl groups is 1. The summed E-state index contributed by atoms with van der Waals surface area (Å²) in [6, 6.07) is 0. The predicted molar refractivity (Wildman–Crippen MR) is 119 cm³/mol. The van der Waals surface area contributed by atoms with Gasteiger partial charge in [0.15, 0.2) is 0 Å². The van der Waals surface area contributed by atoms with Crippen molar-refractivity contribution in [2.24, 2.45) is 40.4 Å². The normalized spacial score (nSPS) is 45.3. The van der Waals surface area contributed by atoms with Crippen LogP contribution in [0.2, 0.25) is 0 Å². The zero-order chi connectivity index (χ0) is 22.2. The van der Waals surface area contributed by atoms with Crippen molar-refractivity contribution in [3.63, 3.8) is 0 Å². The van der Waals surface area contributed by atoms with Crippen LogP contribution in [0.4, 0.5) is 0 Å². The van der Waals surface area contributed by atoms with Gasteiger partial charge in [0.2, 0.25) is 0 Å². The maximum absolute atomic E-state index is 11.6. The summed E-state index contributed by atoms with van der Waals surface area (Å²) < 4.78 is 4.82. The van der Waals surface area contributed by atoms with Gasteiger partial charge in [-0.05, 0) is 111 Å². The Morgan fingerprint density at radius 2 is 1.74 bits per heavy atom. The van der Waals surface area contributed by atoms with Crippen molar-refractivity contribution in [2.75, 3.05) is 14.2 Å². The van der Waals surface area contributed by atoms with Gasteiger partial charge in [-0.15, -0.1) is 0 Å². The SMILES string of the molecule is COO[C@H](CCCC(=O)OC)[C@@H]1CCC2C3CC[C@H]4C[C@@H](O)CC[C@]4(C)C3CC[C@@]21C. The quantitative estimate of drug-likeness (QED) is 0.333. The lowest BCUT2D eigenvalue weighted by Crippen LogP contribution is -2.54. The Hall–Kier alpha value is -0.650. The molecule has 31 heavy (non-hydrogen) atoms. The third-order valence-corrected chi connectivity index (χ3v) is 10.5. The number of fused-ring (bicyclic) bond motifs is 5. The second-order valence-electron chi connectivity index (χ2n) is 11.6. The fourth-order valence-corrected chi connectivity index (χ4v) is 8.88. The molecule has 178 valence electrons. The Bertz CT molecular complexity index is 637. The number of carbonyl (C=O) groups is 1. The van der Waals surface area contributed by atoms with E-state index in [1.165, 1.54) is 52.1 Å². The highest BCUT2D eigenvalue weighted by Gasteiger charge is 2.61. The van der Waals surface area contributed by atoms with E-state index >= 15 is 0 Å². The summed E-state index contributed by atoms with van der Waals surface area (Å²) >= 11 is 0. The maximum Gasteiger partial charge on any atom is 0.305 e. The summed E-state index contributed by atoms with van der Waals surface area (Å²) in [6.45, 7) is 5.08. The molecule has 0 heterocycles. The van der Waals surface area contributed by atoms with E-state index < -0.39 is 0 Å². The van der Waals surface area contributed by atoms with Crippen LogP contribution in [-0.2, 0) is 19.3 Å². The van der Waals surface area contributed by atoms with Crippen LogP contribution in [0.25, 0.3) is 0 Å². The smallest absolute Gasteiger partial charge is 0.305 e. The molecule has 4 aliphatic carbocycles. The lowest BCUT2D eigenvalue weighted by atomic mass is 9.44. The topological polar surface area (TPSA) is 65.0 Å². The first-order valence-corrected chi connectivity index (χ1v) is 12.8. The molecule has 9 atom stereocenters. The second kappa shape index (κ2) is 9.30. The zero-order valence-corrected chi connectivity index (χ0v) is 20.1. The van der Waals surface area contributed by atoms with Gasteiger partial charge < -0.3 is 9.84 Å². The van der Waals surface area contributed by atoms with Crippen LogP contribution in [0, 0.1) is 40.4 Å². The van der Waals surface area contributed by atoms with Gasteiger partial charge in [-0.3, -0.25) is 4.79 Å². The number of ether oxygens (including phenoxy) is 1. The van der Waals surface area contributed by atoms with E-state index in [1.54, 1.807) is 7.11 Å². The van der Waals surface area contributed by atoms with Crippen LogP contribution in [0.15, 0.2) is 0 Å². The van der Waals surface area contributed by atoms with Gasteiger partial charge in [0.25, 0.3) is 0 Å². The average molecular weight is 437 g/mol. The van der Waals surface area contributed by atoms with Gasteiger partial charge in [-0.2, -0.15) is 0 Å². The molecule has 0 aromatic carbocycles. The molecule has 0 amide bonds. The van der Waals surface area contributed by atoms with E-state index in [4.69, 9.17) is 14.5 Å². The van der Waals surface area contributed by atoms with Gasteiger partial charge in [-0.1, -0.05) is 13.8 Å². The number of hydrogen-bond donors (Lipinski definition) is 1. The standard InChI is InChI=1S/C26H44O5/c1-25-14-12-18(27)16-17(25)8-9-19-20-10-11-22(26(20,2)15-13-21(19)25)23(31-30-4)6-5-7-24(28)29-3/h17-23,27H,5-16H2,1-4H3/t17-,18-,19?,20?,21?,22-,23+,25-,26-/m0/s1. The number of hydrogen-bond acceptors (Lipinski definition) is 5. The molecule has 0 saturated heterocycles. The first kappa shape index (κ1) is 23.5.